The zero-order valence-corrected chi connectivity index (χ0v) is 14.0. The first kappa shape index (κ1) is 13.7. The van der Waals surface area contributed by atoms with Crippen molar-refractivity contribution >= 4 is 22.3 Å². The van der Waals surface area contributed by atoms with E-state index in [1.165, 1.54) is 53.9 Å². The minimum atomic E-state index is 0.684. The van der Waals surface area contributed by atoms with Gasteiger partial charge in [0.1, 0.15) is 0 Å². The molecule has 1 saturated heterocycles. The zero-order chi connectivity index (χ0) is 15.2. The van der Waals surface area contributed by atoms with Gasteiger partial charge in [0.25, 0.3) is 0 Å². The van der Waals surface area contributed by atoms with E-state index < -0.39 is 0 Å². The highest BCUT2D eigenvalue weighted by Crippen LogP contribution is 2.31. The van der Waals surface area contributed by atoms with E-state index in [1.807, 2.05) is 11.3 Å². The zero-order valence-electron chi connectivity index (χ0n) is 13.2. The van der Waals surface area contributed by atoms with E-state index in [4.69, 9.17) is 4.98 Å². The average molecular weight is 327 g/mol. The Balaban J connectivity index is 1.15. The van der Waals surface area contributed by atoms with E-state index in [-0.39, 0.29) is 0 Å². The summed E-state index contributed by atoms with van der Waals surface area (Å²) in [6, 6.07) is 2.25. The molecular weight excluding hydrogens is 306 g/mol. The Labute approximate surface area is 140 Å². The molecule has 6 heteroatoms. The van der Waals surface area contributed by atoms with Gasteiger partial charge < -0.3 is 10.2 Å². The average Bonchev–Trinajstić information content (AvgIpc) is 3.19. The van der Waals surface area contributed by atoms with Crippen LogP contribution in [-0.4, -0.2) is 34.8 Å². The number of aromatic nitrogens is 3. The quantitative estimate of drug-likeness (QED) is 0.935. The summed E-state index contributed by atoms with van der Waals surface area (Å²) in [6.07, 6.45) is 7.19. The third kappa shape index (κ3) is 2.49. The standard InChI is InChI=1S/C17H21N5S/c1-3-12-7-16(21-20-13(12)4-1)22-9-11(10-22)8-18-17-19-14-5-2-6-15(14)23-17/h7,11H,1-6,8-10H2,(H,18,19). The van der Waals surface area contributed by atoms with Gasteiger partial charge in [-0.2, -0.15) is 5.10 Å². The second kappa shape index (κ2) is 5.44. The van der Waals surface area contributed by atoms with Crippen molar-refractivity contribution in [2.75, 3.05) is 29.9 Å². The summed E-state index contributed by atoms with van der Waals surface area (Å²) < 4.78 is 0. The maximum Gasteiger partial charge on any atom is 0.183 e. The highest BCUT2D eigenvalue weighted by atomic mass is 32.1. The Hall–Kier alpha value is -1.69. The van der Waals surface area contributed by atoms with Crippen LogP contribution in [0.15, 0.2) is 6.07 Å². The largest absolute Gasteiger partial charge is 0.361 e. The molecule has 120 valence electrons. The number of hydrogen-bond acceptors (Lipinski definition) is 6. The second-order valence-electron chi connectivity index (χ2n) is 6.92. The van der Waals surface area contributed by atoms with Gasteiger partial charge in [-0.25, -0.2) is 4.98 Å². The van der Waals surface area contributed by atoms with Gasteiger partial charge in [-0.1, -0.05) is 0 Å². The summed E-state index contributed by atoms with van der Waals surface area (Å²) in [5.74, 6) is 1.75. The minimum absolute atomic E-state index is 0.684. The van der Waals surface area contributed by atoms with Crippen LogP contribution in [0, 0.1) is 5.92 Å². The lowest BCUT2D eigenvalue weighted by Crippen LogP contribution is -2.50. The van der Waals surface area contributed by atoms with Gasteiger partial charge in [-0.05, 0) is 50.2 Å². The molecule has 2 aromatic heterocycles. The third-order valence-corrected chi connectivity index (χ3v) is 6.34. The lowest BCUT2D eigenvalue weighted by molar-refractivity contribution is 0.425. The number of thiazole rings is 1. The van der Waals surface area contributed by atoms with E-state index >= 15 is 0 Å². The molecule has 5 rings (SSSR count). The summed E-state index contributed by atoms with van der Waals surface area (Å²) in [5, 5.41) is 13.4. The lowest BCUT2D eigenvalue weighted by atomic mass is 10.00. The van der Waals surface area contributed by atoms with Crippen molar-refractivity contribution in [3.63, 3.8) is 0 Å². The first-order chi connectivity index (χ1) is 11.3. The van der Waals surface area contributed by atoms with Gasteiger partial charge in [0.15, 0.2) is 10.9 Å². The molecule has 0 aromatic carbocycles. The highest BCUT2D eigenvalue weighted by molar-refractivity contribution is 7.15. The summed E-state index contributed by atoms with van der Waals surface area (Å²) in [4.78, 5) is 8.55. The predicted molar refractivity (Wildman–Crippen MR) is 92.4 cm³/mol. The molecule has 2 aromatic rings. The van der Waals surface area contributed by atoms with Crippen LogP contribution in [0.1, 0.15) is 34.7 Å². The Kier molecular flexibility index (Phi) is 3.25. The van der Waals surface area contributed by atoms with Crippen molar-refractivity contribution in [2.45, 2.75) is 38.5 Å². The smallest absolute Gasteiger partial charge is 0.183 e. The molecule has 0 amide bonds. The Bertz CT molecular complexity index is 713. The molecule has 5 nitrogen and oxygen atoms in total. The van der Waals surface area contributed by atoms with Gasteiger partial charge in [-0.15, -0.1) is 16.4 Å². The van der Waals surface area contributed by atoms with Crippen molar-refractivity contribution in [1.82, 2.24) is 15.2 Å². The third-order valence-electron chi connectivity index (χ3n) is 5.23. The summed E-state index contributed by atoms with van der Waals surface area (Å²) in [6.45, 7) is 3.17. The number of rotatable bonds is 4. The highest BCUT2D eigenvalue weighted by Gasteiger charge is 2.29. The van der Waals surface area contributed by atoms with Crippen molar-refractivity contribution in [2.24, 2.45) is 5.92 Å². The summed E-state index contributed by atoms with van der Waals surface area (Å²) in [7, 11) is 0. The molecule has 23 heavy (non-hydrogen) atoms. The molecule has 2 aliphatic carbocycles. The monoisotopic (exact) mass is 327 g/mol. The first-order valence-electron chi connectivity index (χ1n) is 8.68. The number of hydrogen-bond donors (Lipinski definition) is 1. The molecule has 1 fully saturated rings. The first-order valence-corrected chi connectivity index (χ1v) is 9.50. The van der Waals surface area contributed by atoms with Crippen LogP contribution in [0.25, 0.3) is 0 Å². The normalized spacial score (nSPS) is 19.6. The van der Waals surface area contributed by atoms with E-state index in [0.717, 1.165) is 37.0 Å². The van der Waals surface area contributed by atoms with Crippen LogP contribution in [0.5, 0.6) is 0 Å². The number of fused-ring (bicyclic) bond motifs is 2. The van der Waals surface area contributed by atoms with Gasteiger partial charge in [0.05, 0.1) is 11.4 Å². The molecule has 3 heterocycles. The van der Waals surface area contributed by atoms with Crippen molar-refractivity contribution < 1.29 is 0 Å². The number of aryl methyl sites for hydroxylation is 4. The van der Waals surface area contributed by atoms with Gasteiger partial charge in [0, 0.05) is 30.4 Å². The molecule has 1 N–H and O–H groups in total. The van der Waals surface area contributed by atoms with Crippen LogP contribution in [0.2, 0.25) is 0 Å². The number of nitrogens with one attached hydrogen (secondary N) is 1. The van der Waals surface area contributed by atoms with Crippen molar-refractivity contribution in [3.05, 3.63) is 27.9 Å². The fraction of sp³-hybridized carbons (Fsp3) is 0.588. The molecule has 0 radical (unpaired) electrons. The fourth-order valence-corrected chi connectivity index (χ4v) is 4.91. The molecule has 3 aliphatic rings. The van der Waals surface area contributed by atoms with E-state index in [2.05, 4.69) is 26.5 Å². The van der Waals surface area contributed by atoms with Crippen molar-refractivity contribution in [1.29, 1.82) is 0 Å². The molecule has 0 saturated carbocycles. The number of anilines is 2. The predicted octanol–water partition coefficient (Wildman–Crippen LogP) is 2.46. The summed E-state index contributed by atoms with van der Waals surface area (Å²) >= 11 is 1.85. The van der Waals surface area contributed by atoms with Crippen LogP contribution >= 0.6 is 11.3 Å². The van der Waals surface area contributed by atoms with Crippen molar-refractivity contribution in [3.8, 4) is 0 Å². The summed E-state index contributed by atoms with van der Waals surface area (Å²) in [5.41, 5.74) is 3.96. The SMILES string of the molecule is c1c(N2CC(CNc3nc4c(s3)CCC4)C2)nnc2c1CCC2. The van der Waals surface area contributed by atoms with Crippen LogP contribution < -0.4 is 10.2 Å². The maximum atomic E-state index is 4.71. The Morgan fingerprint density at radius 3 is 2.87 bits per heavy atom. The van der Waals surface area contributed by atoms with Gasteiger partial charge >= 0.3 is 0 Å². The fourth-order valence-electron chi connectivity index (χ4n) is 3.86. The van der Waals surface area contributed by atoms with Crippen LogP contribution in [0.3, 0.4) is 0 Å². The minimum Gasteiger partial charge on any atom is -0.361 e. The Morgan fingerprint density at radius 2 is 1.96 bits per heavy atom. The molecule has 0 spiro atoms. The molecule has 0 bridgehead atoms. The van der Waals surface area contributed by atoms with E-state index in [1.54, 1.807) is 0 Å². The molecule has 1 aliphatic heterocycles. The molecule has 0 atom stereocenters. The molecular formula is C17H21N5S. The topological polar surface area (TPSA) is 53.9 Å². The van der Waals surface area contributed by atoms with Crippen LogP contribution in [-0.2, 0) is 25.7 Å². The lowest BCUT2D eigenvalue weighted by Gasteiger charge is -2.40. The number of nitrogens with zero attached hydrogens (tertiary/aromatic N) is 4. The Morgan fingerprint density at radius 1 is 1.09 bits per heavy atom. The van der Waals surface area contributed by atoms with Crippen LogP contribution in [0.4, 0.5) is 10.9 Å². The second-order valence-corrected chi connectivity index (χ2v) is 8.01. The van der Waals surface area contributed by atoms with Gasteiger partial charge in [-0.3, -0.25) is 0 Å². The van der Waals surface area contributed by atoms with E-state index in [0.29, 0.717) is 5.92 Å². The van der Waals surface area contributed by atoms with E-state index in [9.17, 15) is 0 Å². The molecule has 0 unspecified atom stereocenters. The maximum absolute atomic E-state index is 4.71. The van der Waals surface area contributed by atoms with Gasteiger partial charge in [0.2, 0.25) is 0 Å².